The largest absolute Gasteiger partial charge is 0.463 e. The van der Waals surface area contributed by atoms with Crippen LogP contribution in [0.5, 0.6) is 0 Å². The van der Waals surface area contributed by atoms with Crippen molar-refractivity contribution in [1.82, 2.24) is 20.0 Å². The second-order valence-corrected chi connectivity index (χ2v) is 9.88. The summed E-state index contributed by atoms with van der Waals surface area (Å²) in [4.78, 5) is 44.9. The highest BCUT2D eigenvalue weighted by Gasteiger charge is 2.38. The van der Waals surface area contributed by atoms with Crippen molar-refractivity contribution in [3.05, 3.63) is 82.1 Å². The lowest BCUT2D eigenvalue weighted by Gasteiger charge is -2.42. The second kappa shape index (κ2) is 11.2. The van der Waals surface area contributed by atoms with Crippen molar-refractivity contribution in [2.24, 2.45) is 0 Å². The summed E-state index contributed by atoms with van der Waals surface area (Å²) in [5, 5.41) is 2.97. The van der Waals surface area contributed by atoms with E-state index in [1.807, 2.05) is 74.2 Å². The third-order valence-electron chi connectivity index (χ3n) is 7.13. The Balaban J connectivity index is 1.59. The lowest BCUT2D eigenvalue weighted by atomic mass is 9.93. The summed E-state index contributed by atoms with van der Waals surface area (Å²) in [5.74, 6) is -0.414. The van der Waals surface area contributed by atoms with E-state index < -0.39 is 12.0 Å². The molecule has 1 fully saturated rings. The predicted molar refractivity (Wildman–Crippen MR) is 142 cm³/mol. The summed E-state index contributed by atoms with van der Waals surface area (Å²) < 4.78 is 5.44. The van der Waals surface area contributed by atoms with Crippen molar-refractivity contribution in [3.63, 3.8) is 0 Å². The van der Waals surface area contributed by atoms with Gasteiger partial charge in [0.2, 0.25) is 0 Å². The molecule has 2 heterocycles. The van der Waals surface area contributed by atoms with E-state index in [0.29, 0.717) is 43.0 Å². The number of piperazine rings is 1. The van der Waals surface area contributed by atoms with Crippen molar-refractivity contribution in [3.8, 4) is 0 Å². The van der Waals surface area contributed by atoms with Crippen LogP contribution < -0.4 is 5.32 Å². The molecule has 2 aliphatic heterocycles. The molecule has 2 aromatic rings. The van der Waals surface area contributed by atoms with Gasteiger partial charge in [0.1, 0.15) is 0 Å². The van der Waals surface area contributed by atoms with E-state index in [4.69, 9.17) is 4.74 Å². The molecule has 1 saturated heterocycles. The first kappa shape index (κ1) is 26.4. The van der Waals surface area contributed by atoms with Crippen LogP contribution in [0.2, 0.25) is 0 Å². The molecule has 0 aliphatic carbocycles. The second-order valence-electron chi connectivity index (χ2n) is 9.88. The Morgan fingerprint density at radius 2 is 1.62 bits per heavy atom. The zero-order chi connectivity index (χ0) is 26.7. The Labute approximate surface area is 218 Å². The normalized spacial score (nSPS) is 20.6. The summed E-state index contributed by atoms with van der Waals surface area (Å²) >= 11 is 0. The average molecular weight is 505 g/mol. The Morgan fingerprint density at radius 1 is 1.00 bits per heavy atom. The minimum Gasteiger partial charge on any atom is -0.463 e. The van der Waals surface area contributed by atoms with Gasteiger partial charge in [0, 0.05) is 50.5 Å². The minimum absolute atomic E-state index is 0.0205. The van der Waals surface area contributed by atoms with E-state index in [1.165, 1.54) is 4.90 Å². The number of likely N-dealkylation sites (N-methyl/N-ethyl adjacent to an activating group) is 1. The van der Waals surface area contributed by atoms with Gasteiger partial charge in [0.05, 0.1) is 18.2 Å². The average Bonchev–Trinajstić information content (AvgIpc) is 2.87. The van der Waals surface area contributed by atoms with Gasteiger partial charge in [-0.2, -0.15) is 0 Å². The Hall–Kier alpha value is -3.65. The van der Waals surface area contributed by atoms with Crippen LogP contribution in [0.25, 0.3) is 0 Å². The number of rotatable bonds is 6. The number of carbonyl (C=O) groups is 3. The summed E-state index contributed by atoms with van der Waals surface area (Å²) in [6.07, 6.45) is 0. The maximum Gasteiger partial charge on any atom is 0.338 e. The van der Waals surface area contributed by atoms with Gasteiger partial charge in [-0.25, -0.2) is 9.59 Å². The van der Waals surface area contributed by atoms with Crippen LogP contribution in [0.3, 0.4) is 0 Å². The van der Waals surface area contributed by atoms with E-state index >= 15 is 0 Å². The highest BCUT2D eigenvalue weighted by Crippen LogP contribution is 2.32. The first-order chi connectivity index (χ1) is 17.7. The van der Waals surface area contributed by atoms with Gasteiger partial charge in [0.15, 0.2) is 0 Å². The standard InChI is InChI=1S/C29H36N4O4/c1-6-37-28(35)25-24(31(5)29(36)30-26(25)22-11-7-19(2)8-12-22)18-32-15-16-33(21(4)17-32)27(34)23-13-9-20(3)10-14-23/h7-14,21,26H,6,15-18H2,1-5H3,(H,30,36)/t21-,26+/m0/s1. The number of urea groups is 1. The van der Waals surface area contributed by atoms with E-state index in [0.717, 1.165) is 16.7 Å². The van der Waals surface area contributed by atoms with Crippen LogP contribution in [0.4, 0.5) is 4.79 Å². The molecule has 4 rings (SSSR count). The number of nitrogens with one attached hydrogen (secondary N) is 1. The fourth-order valence-corrected chi connectivity index (χ4v) is 4.96. The number of aryl methyl sites for hydroxylation is 2. The Kier molecular flexibility index (Phi) is 7.97. The van der Waals surface area contributed by atoms with E-state index in [-0.39, 0.29) is 24.6 Å². The Morgan fingerprint density at radius 3 is 2.22 bits per heavy atom. The summed E-state index contributed by atoms with van der Waals surface area (Å²) in [6, 6.07) is 14.5. The first-order valence-corrected chi connectivity index (χ1v) is 12.8. The number of benzene rings is 2. The van der Waals surface area contributed by atoms with E-state index in [1.54, 1.807) is 14.0 Å². The molecular weight excluding hydrogens is 468 g/mol. The summed E-state index contributed by atoms with van der Waals surface area (Å²) in [7, 11) is 1.68. The van der Waals surface area contributed by atoms with Gasteiger partial charge in [-0.3, -0.25) is 14.6 Å². The maximum absolute atomic E-state index is 13.2. The third kappa shape index (κ3) is 5.69. The van der Waals surface area contributed by atoms with Gasteiger partial charge in [-0.1, -0.05) is 47.5 Å². The van der Waals surface area contributed by atoms with Crippen LogP contribution in [-0.4, -0.2) is 78.5 Å². The molecule has 3 amide bonds. The fraction of sp³-hybridized carbons (Fsp3) is 0.414. The highest BCUT2D eigenvalue weighted by atomic mass is 16.5. The van der Waals surface area contributed by atoms with Crippen molar-refractivity contribution in [1.29, 1.82) is 0 Å². The van der Waals surface area contributed by atoms with Gasteiger partial charge < -0.3 is 15.0 Å². The molecule has 0 saturated carbocycles. The van der Waals surface area contributed by atoms with Crippen LogP contribution >= 0.6 is 0 Å². The number of hydrogen-bond donors (Lipinski definition) is 1. The zero-order valence-electron chi connectivity index (χ0n) is 22.3. The molecule has 8 heteroatoms. The van der Waals surface area contributed by atoms with Crippen molar-refractivity contribution in [2.45, 2.75) is 39.8 Å². The van der Waals surface area contributed by atoms with Gasteiger partial charge in [-0.05, 0) is 45.4 Å². The van der Waals surface area contributed by atoms with Crippen LogP contribution in [0.15, 0.2) is 59.8 Å². The smallest absolute Gasteiger partial charge is 0.338 e. The van der Waals surface area contributed by atoms with Crippen LogP contribution in [-0.2, 0) is 9.53 Å². The summed E-state index contributed by atoms with van der Waals surface area (Å²) in [6.45, 7) is 10.3. The molecule has 37 heavy (non-hydrogen) atoms. The van der Waals surface area contributed by atoms with Crippen molar-refractivity contribution < 1.29 is 19.1 Å². The SMILES string of the molecule is CCOC(=O)C1=C(CN2CCN(C(=O)c3ccc(C)cc3)[C@@H](C)C2)N(C)C(=O)N[C@@H]1c1ccc(C)cc1. The minimum atomic E-state index is -0.597. The number of esters is 1. The monoisotopic (exact) mass is 504 g/mol. The van der Waals surface area contributed by atoms with Gasteiger partial charge in [-0.15, -0.1) is 0 Å². The molecule has 0 bridgehead atoms. The number of hydrogen-bond acceptors (Lipinski definition) is 5. The summed E-state index contributed by atoms with van der Waals surface area (Å²) in [5.41, 5.74) is 4.79. The van der Waals surface area contributed by atoms with E-state index in [9.17, 15) is 14.4 Å². The van der Waals surface area contributed by atoms with Crippen molar-refractivity contribution >= 4 is 17.9 Å². The maximum atomic E-state index is 13.2. The predicted octanol–water partition coefficient (Wildman–Crippen LogP) is 3.66. The number of ether oxygens (including phenoxy) is 1. The first-order valence-electron chi connectivity index (χ1n) is 12.8. The number of amides is 3. The fourth-order valence-electron chi connectivity index (χ4n) is 4.96. The van der Waals surface area contributed by atoms with Crippen molar-refractivity contribution in [2.75, 3.05) is 39.8 Å². The molecule has 0 unspecified atom stereocenters. The highest BCUT2D eigenvalue weighted by molar-refractivity contribution is 5.95. The zero-order valence-corrected chi connectivity index (χ0v) is 22.3. The lowest BCUT2D eigenvalue weighted by molar-refractivity contribution is -0.139. The number of nitrogens with zero attached hydrogens (tertiary/aromatic N) is 3. The molecular formula is C29H36N4O4. The van der Waals surface area contributed by atoms with Crippen LogP contribution in [0, 0.1) is 13.8 Å². The topological polar surface area (TPSA) is 82.2 Å². The molecule has 0 radical (unpaired) electrons. The number of carbonyl (C=O) groups excluding carboxylic acids is 3. The molecule has 0 aromatic heterocycles. The van der Waals surface area contributed by atoms with Crippen LogP contribution in [0.1, 0.15) is 46.9 Å². The molecule has 2 aromatic carbocycles. The molecule has 2 aliphatic rings. The van der Waals surface area contributed by atoms with Gasteiger partial charge in [0.25, 0.3) is 5.91 Å². The molecule has 196 valence electrons. The molecule has 2 atom stereocenters. The Bertz CT molecular complexity index is 1190. The third-order valence-corrected chi connectivity index (χ3v) is 7.13. The lowest BCUT2D eigenvalue weighted by Crippen LogP contribution is -2.56. The van der Waals surface area contributed by atoms with E-state index in [2.05, 4.69) is 10.2 Å². The molecule has 0 spiro atoms. The van der Waals surface area contributed by atoms with Gasteiger partial charge >= 0.3 is 12.0 Å². The molecule has 8 nitrogen and oxygen atoms in total. The molecule has 1 N–H and O–H groups in total. The quantitative estimate of drug-likeness (QED) is 0.607.